The number of hydrogen-bond acceptors (Lipinski definition) is 7. The third kappa shape index (κ3) is 5.90. The van der Waals surface area contributed by atoms with Crippen molar-refractivity contribution in [3.8, 4) is 18.1 Å². The van der Waals surface area contributed by atoms with E-state index < -0.39 is 0 Å². The van der Waals surface area contributed by atoms with Crippen LogP contribution in [0.2, 0.25) is 0 Å². The molecule has 34 heavy (non-hydrogen) atoms. The molecule has 0 unspecified atom stereocenters. The first kappa shape index (κ1) is 23.2. The minimum atomic E-state index is -0.252. The SMILES string of the molecule is C#Cc1cccc(Nc2ncnc3cc(O[C@H]4CCOC4)c(NC(=O)C=CCNCC)cc23)c1. The van der Waals surface area contributed by atoms with Gasteiger partial charge in [-0.15, -0.1) is 6.42 Å². The van der Waals surface area contributed by atoms with Crippen LogP contribution in [0.15, 0.2) is 54.9 Å². The van der Waals surface area contributed by atoms with E-state index in [1.54, 1.807) is 6.08 Å². The molecule has 0 radical (unpaired) electrons. The number of nitrogens with one attached hydrogen (secondary N) is 3. The number of carbonyl (C=O) groups is 1. The molecule has 0 spiro atoms. The molecule has 1 fully saturated rings. The van der Waals surface area contributed by atoms with Crippen LogP contribution in [-0.4, -0.2) is 48.3 Å². The zero-order valence-electron chi connectivity index (χ0n) is 19.0. The zero-order chi connectivity index (χ0) is 23.8. The number of nitrogens with zero attached hydrogens (tertiary/aromatic N) is 2. The average molecular weight is 458 g/mol. The molecule has 1 aliphatic heterocycles. The van der Waals surface area contributed by atoms with Gasteiger partial charge in [-0.1, -0.05) is 25.0 Å². The van der Waals surface area contributed by atoms with Crippen LogP contribution in [0.1, 0.15) is 18.9 Å². The topological polar surface area (TPSA) is 97.4 Å². The summed E-state index contributed by atoms with van der Waals surface area (Å²) in [7, 11) is 0. The molecule has 0 bridgehead atoms. The first-order chi connectivity index (χ1) is 16.7. The van der Waals surface area contributed by atoms with Gasteiger partial charge in [0.25, 0.3) is 0 Å². The Morgan fingerprint density at radius 2 is 2.24 bits per heavy atom. The molecule has 174 valence electrons. The number of aromatic nitrogens is 2. The number of anilines is 3. The maximum Gasteiger partial charge on any atom is 0.248 e. The molecule has 0 saturated carbocycles. The summed E-state index contributed by atoms with van der Waals surface area (Å²) < 4.78 is 11.6. The number of likely N-dealkylation sites (N-methyl/N-ethyl adjacent to an activating group) is 1. The fourth-order valence-electron chi connectivity index (χ4n) is 3.56. The predicted octanol–water partition coefficient (Wildman–Crippen LogP) is 3.63. The van der Waals surface area contributed by atoms with E-state index in [9.17, 15) is 4.79 Å². The highest BCUT2D eigenvalue weighted by molar-refractivity contribution is 6.03. The normalized spacial score (nSPS) is 15.4. The number of benzene rings is 2. The van der Waals surface area contributed by atoms with E-state index in [1.807, 2.05) is 43.3 Å². The van der Waals surface area contributed by atoms with E-state index in [1.165, 1.54) is 12.4 Å². The average Bonchev–Trinajstić information content (AvgIpc) is 3.36. The van der Waals surface area contributed by atoms with Gasteiger partial charge in [0.15, 0.2) is 0 Å². The summed E-state index contributed by atoms with van der Waals surface area (Å²) in [4.78, 5) is 21.4. The summed E-state index contributed by atoms with van der Waals surface area (Å²) in [5, 5.41) is 10.1. The molecule has 1 atom stereocenters. The molecule has 0 aliphatic carbocycles. The Kier molecular flexibility index (Phi) is 7.71. The number of fused-ring (bicyclic) bond motifs is 1. The third-order valence-corrected chi connectivity index (χ3v) is 5.25. The number of hydrogen-bond donors (Lipinski definition) is 3. The van der Waals surface area contributed by atoms with Gasteiger partial charge in [0.05, 0.1) is 24.4 Å². The molecule has 2 aromatic carbocycles. The fourth-order valence-corrected chi connectivity index (χ4v) is 3.56. The van der Waals surface area contributed by atoms with Gasteiger partial charge in [0.1, 0.15) is 24.0 Å². The molecular formula is C26H27N5O3. The highest BCUT2D eigenvalue weighted by Gasteiger charge is 2.20. The molecular weight excluding hydrogens is 430 g/mol. The van der Waals surface area contributed by atoms with Crippen molar-refractivity contribution in [2.24, 2.45) is 0 Å². The van der Waals surface area contributed by atoms with E-state index in [-0.39, 0.29) is 12.0 Å². The lowest BCUT2D eigenvalue weighted by molar-refractivity contribution is -0.111. The standard InChI is InChI=1S/C26H27N5O3/c1-3-18-7-5-8-19(13-18)30-26-21-14-23(31-25(32)9-6-11-27-4-2)24(15-22(21)28-17-29-26)34-20-10-12-33-16-20/h1,5-9,13-15,17,20,27H,4,10-12,16H2,2H3,(H,31,32)(H,28,29,30)/t20-/m0/s1. The molecule has 3 aromatic rings. The number of ether oxygens (including phenoxy) is 2. The minimum absolute atomic E-state index is 0.0802. The number of amides is 1. The number of terminal acetylenes is 1. The monoisotopic (exact) mass is 457 g/mol. The summed E-state index contributed by atoms with van der Waals surface area (Å²) in [6, 6.07) is 11.1. The van der Waals surface area contributed by atoms with Gasteiger partial charge >= 0.3 is 0 Å². The predicted molar refractivity (Wildman–Crippen MR) is 133 cm³/mol. The van der Waals surface area contributed by atoms with Gasteiger partial charge in [-0.3, -0.25) is 4.79 Å². The van der Waals surface area contributed by atoms with Gasteiger partial charge < -0.3 is 25.4 Å². The summed E-state index contributed by atoms with van der Waals surface area (Å²) in [6.45, 7) is 4.62. The van der Waals surface area contributed by atoms with Crippen LogP contribution < -0.4 is 20.7 Å². The van der Waals surface area contributed by atoms with Gasteiger partial charge in [0, 0.05) is 41.7 Å². The Morgan fingerprint density at radius 3 is 3.03 bits per heavy atom. The van der Waals surface area contributed by atoms with Crippen molar-refractivity contribution in [3.05, 3.63) is 60.4 Å². The zero-order valence-corrected chi connectivity index (χ0v) is 19.0. The lowest BCUT2D eigenvalue weighted by Crippen LogP contribution is -2.18. The molecule has 4 rings (SSSR count). The summed E-state index contributed by atoms with van der Waals surface area (Å²) in [5.41, 5.74) is 2.78. The summed E-state index contributed by atoms with van der Waals surface area (Å²) in [6.07, 6.45) is 11.0. The minimum Gasteiger partial charge on any atom is -0.486 e. The fraction of sp³-hybridized carbons (Fsp3) is 0.269. The van der Waals surface area contributed by atoms with Gasteiger partial charge in [-0.05, 0) is 30.8 Å². The molecule has 2 heterocycles. The first-order valence-electron chi connectivity index (χ1n) is 11.2. The second-order valence-corrected chi connectivity index (χ2v) is 7.74. The van der Waals surface area contributed by atoms with E-state index >= 15 is 0 Å². The molecule has 3 N–H and O–H groups in total. The first-order valence-corrected chi connectivity index (χ1v) is 11.2. The third-order valence-electron chi connectivity index (χ3n) is 5.25. The van der Waals surface area contributed by atoms with Gasteiger partial charge in [-0.25, -0.2) is 9.97 Å². The second-order valence-electron chi connectivity index (χ2n) is 7.74. The molecule has 1 aromatic heterocycles. The molecule has 1 aliphatic rings. The van der Waals surface area contributed by atoms with Crippen molar-refractivity contribution in [1.29, 1.82) is 0 Å². The van der Waals surface area contributed by atoms with Crippen LogP contribution in [0.4, 0.5) is 17.2 Å². The Bertz CT molecular complexity index is 1230. The largest absolute Gasteiger partial charge is 0.486 e. The molecule has 8 heteroatoms. The van der Waals surface area contributed by atoms with Crippen LogP contribution in [0, 0.1) is 12.3 Å². The Balaban J connectivity index is 1.67. The van der Waals surface area contributed by atoms with Crippen molar-refractivity contribution < 1.29 is 14.3 Å². The smallest absolute Gasteiger partial charge is 0.248 e. The van der Waals surface area contributed by atoms with Crippen molar-refractivity contribution >= 4 is 34.0 Å². The quantitative estimate of drug-likeness (QED) is 0.256. The van der Waals surface area contributed by atoms with Crippen LogP contribution in [0.3, 0.4) is 0 Å². The molecule has 1 amide bonds. The van der Waals surface area contributed by atoms with E-state index in [4.69, 9.17) is 15.9 Å². The van der Waals surface area contributed by atoms with Crippen LogP contribution >= 0.6 is 0 Å². The maximum atomic E-state index is 12.6. The van der Waals surface area contributed by atoms with Crippen LogP contribution in [-0.2, 0) is 9.53 Å². The van der Waals surface area contributed by atoms with Crippen LogP contribution in [0.5, 0.6) is 5.75 Å². The summed E-state index contributed by atoms with van der Waals surface area (Å²) >= 11 is 0. The van der Waals surface area contributed by atoms with E-state index in [0.29, 0.717) is 42.5 Å². The number of rotatable bonds is 9. The maximum absolute atomic E-state index is 12.6. The van der Waals surface area contributed by atoms with E-state index in [0.717, 1.165) is 29.6 Å². The lowest BCUT2D eigenvalue weighted by atomic mass is 10.1. The summed E-state index contributed by atoms with van der Waals surface area (Å²) in [5.74, 6) is 3.51. The molecule has 8 nitrogen and oxygen atoms in total. The number of carbonyl (C=O) groups excluding carboxylic acids is 1. The highest BCUT2D eigenvalue weighted by atomic mass is 16.5. The van der Waals surface area contributed by atoms with Gasteiger partial charge in [0.2, 0.25) is 5.91 Å². The lowest BCUT2D eigenvalue weighted by Gasteiger charge is -2.17. The second kappa shape index (κ2) is 11.3. The van der Waals surface area contributed by atoms with Crippen molar-refractivity contribution in [2.45, 2.75) is 19.4 Å². The van der Waals surface area contributed by atoms with Crippen molar-refractivity contribution in [3.63, 3.8) is 0 Å². The molecule has 1 saturated heterocycles. The Labute approximate surface area is 198 Å². The van der Waals surface area contributed by atoms with Crippen LogP contribution in [0.25, 0.3) is 10.9 Å². The Hall–Kier alpha value is -3.93. The Morgan fingerprint density at radius 1 is 1.32 bits per heavy atom. The van der Waals surface area contributed by atoms with Gasteiger partial charge in [-0.2, -0.15) is 0 Å². The van der Waals surface area contributed by atoms with Crippen molar-refractivity contribution in [2.75, 3.05) is 36.9 Å². The van der Waals surface area contributed by atoms with Crippen molar-refractivity contribution in [1.82, 2.24) is 15.3 Å². The van der Waals surface area contributed by atoms with E-state index in [2.05, 4.69) is 31.8 Å². The highest BCUT2D eigenvalue weighted by Crippen LogP contribution is 2.34.